The van der Waals surface area contributed by atoms with Crippen LogP contribution in [0.15, 0.2) is 30.1 Å². The van der Waals surface area contributed by atoms with Crippen molar-refractivity contribution in [1.82, 2.24) is 10.3 Å². The number of nitrogens with one attached hydrogen (secondary N) is 1. The number of hydrogen-bond donors (Lipinski definition) is 1. The molecule has 0 radical (unpaired) electrons. The van der Waals surface area contributed by atoms with Crippen LogP contribution < -0.4 is 10.1 Å². The normalized spacial score (nSPS) is 16.9. The molecule has 0 aliphatic carbocycles. The van der Waals surface area contributed by atoms with Crippen LogP contribution in [-0.4, -0.2) is 23.3 Å². The summed E-state index contributed by atoms with van der Waals surface area (Å²) >= 11 is 0. The zero-order chi connectivity index (χ0) is 11.5. The summed E-state index contributed by atoms with van der Waals surface area (Å²) in [5.74, 6) is -0.955. The lowest BCUT2D eigenvalue weighted by molar-refractivity contribution is -0.130. The minimum absolute atomic E-state index is 0.00218. The highest BCUT2D eigenvalue weighted by Crippen LogP contribution is 2.24. The fraction of sp³-hybridized carbons (Fsp3) is 0.182. The minimum atomic E-state index is -0.669. The minimum Gasteiger partial charge on any atom is -0.403 e. The van der Waals surface area contributed by atoms with Gasteiger partial charge in [-0.05, 0) is 19.1 Å². The maximum absolute atomic E-state index is 11.9. The molecule has 2 heterocycles. The molecule has 2 rings (SSSR count). The first-order chi connectivity index (χ1) is 7.74. The lowest BCUT2D eigenvalue weighted by atomic mass is 10.0. The van der Waals surface area contributed by atoms with Crippen molar-refractivity contribution >= 4 is 11.8 Å². The van der Waals surface area contributed by atoms with Gasteiger partial charge in [0.25, 0.3) is 0 Å². The molecule has 1 N–H and O–H groups in total. The molecule has 0 saturated carbocycles. The quantitative estimate of drug-likeness (QED) is 0.449. The van der Waals surface area contributed by atoms with Gasteiger partial charge < -0.3 is 10.1 Å². The Morgan fingerprint density at radius 2 is 2.31 bits per heavy atom. The lowest BCUT2D eigenvalue weighted by Gasteiger charge is -2.15. The second kappa shape index (κ2) is 4.14. The number of Topliss-reactive ketones (excluding diaryl/α,β-unsaturated/α-hetero) is 1. The molecule has 16 heavy (non-hydrogen) atoms. The number of aromatic nitrogens is 1. The van der Waals surface area contributed by atoms with Crippen LogP contribution in [0.25, 0.3) is 0 Å². The van der Waals surface area contributed by atoms with Crippen molar-refractivity contribution in [3.63, 3.8) is 0 Å². The zero-order valence-corrected chi connectivity index (χ0v) is 8.69. The molecular formula is C11H10N2O3. The number of carbonyl (C=O) groups is 2. The van der Waals surface area contributed by atoms with Gasteiger partial charge in [-0.1, -0.05) is 0 Å². The number of ketones is 1. The van der Waals surface area contributed by atoms with Crippen LogP contribution in [0.1, 0.15) is 17.3 Å². The van der Waals surface area contributed by atoms with E-state index in [1.807, 2.05) is 6.92 Å². The number of carbonyl (C=O) groups excluding carboxylic acids is 2. The molecule has 0 fully saturated rings. The first kappa shape index (κ1) is 10.4. The molecule has 5 heteroatoms. The Morgan fingerprint density at radius 1 is 1.50 bits per heavy atom. The second-order valence-electron chi connectivity index (χ2n) is 3.19. The summed E-state index contributed by atoms with van der Waals surface area (Å²) in [4.78, 5) is 27.2. The van der Waals surface area contributed by atoms with Crippen molar-refractivity contribution in [2.45, 2.75) is 6.92 Å². The third-order valence-corrected chi connectivity index (χ3v) is 2.12. The summed E-state index contributed by atoms with van der Waals surface area (Å²) in [6.07, 6.45) is 2.85. The molecule has 0 saturated heterocycles. The van der Waals surface area contributed by atoms with Gasteiger partial charge in [-0.25, -0.2) is 9.78 Å². The average Bonchev–Trinajstić information content (AvgIpc) is 2.29. The number of nitrogens with zero attached hydrogens (tertiary/aromatic N) is 1. The number of esters is 1. The zero-order valence-electron chi connectivity index (χ0n) is 8.69. The molecule has 1 aromatic heterocycles. The summed E-state index contributed by atoms with van der Waals surface area (Å²) in [6, 6.07) is 3.21. The Labute approximate surface area is 92.1 Å². The smallest absolute Gasteiger partial charge is 0.350 e. The van der Waals surface area contributed by atoms with Crippen molar-refractivity contribution < 1.29 is 14.3 Å². The molecule has 1 aromatic rings. The van der Waals surface area contributed by atoms with Crippen molar-refractivity contribution in [3.05, 3.63) is 35.7 Å². The van der Waals surface area contributed by atoms with Crippen LogP contribution in [0.3, 0.4) is 0 Å². The van der Waals surface area contributed by atoms with Crippen molar-refractivity contribution in [3.8, 4) is 5.88 Å². The van der Waals surface area contributed by atoms with Crippen LogP contribution in [-0.2, 0) is 4.79 Å². The topological polar surface area (TPSA) is 68.3 Å². The molecular weight excluding hydrogens is 208 g/mol. The molecule has 1 aliphatic rings. The van der Waals surface area contributed by atoms with Gasteiger partial charge in [0.15, 0.2) is 0 Å². The molecule has 0 aromatic carbocycles. The highest BCUT2D eigenvalue weighted by Gasteiger charge is 2.31. The van der Waals surface area contributed by atoms with E-state index in [4.69, 9.17) is 4.74 Å². The maximum atomic E-state index is 11.9. The largest absolute Gasteiger partial charge is 0.403 e. The van der Waals surface area contributed by atoms with Gasteiger partial charge >= 0.3 is 5.97 Å². The van der Waals surface area contributed by atoms with Gasteiger partial charge in [0, 0.05) is 18.9 Å². The van der Waals surface area contributed by atoms with Gasteiger partial charge in [-0.15, -0.1) is 0 Å². The van der Waals surface area contributed by atoms with E-state index in [9.17, 15) is 9.59 Å². The SMILES string of the molecule is CCNC=C1C(=O)Oc2ncccc2C1=O. The van der Waals surface area contributed by atoms with E-state index in [0.29, 0.717) is 12.1 Å². The van der Waals surface area contributed by atoms with Crippen LogP contribution in [0.2, 0.25) is 0 Å². The number of pyridine rings is 1. The predicted molar refractivity (Wildman–Crippen MR) is 56.0 cm³/mol. The highest BCUT2D eigenvalue weighted by molar-refractivity contribution is 6.27. The van der Waals surface area contributed by atoms with E-state index in [2.05, 4.69) is 10.3 Å². The third-order valence-electron chi connectivity index (χ3n) is 2.12. The Kier molecular flexibility index (Phi) is 2.68. The van der Waals surface area contributed by atoms with E-state index in [1.54, 1.807) is 12.1 Å². The van der Waals surface area contributed by atoms with E-state index >= 15 is 0 Å². The lowest BCUT2D eigenvalue weighted by Crippen LogP contribution is -2.27. The van der Waals surface area contributed by atoms with E-state index in [0.717, 1.165) is 0 Å². The van der Waals surface area contributed by atoms with Crippen molar-refractivity contribution in [1.29, 1.82) is 0 Å². The summed E-state index contributed by atoms with van der Waals surface area (Å²) < 4.78 is 4.93. The summed E-state index contributed by atoms with van der Waals surface area (Å²) in [5.41, 5.74) is 0.314. The second-order valence-corrected chi connectivity index (χ2v) is 3.19. The molecule has 5 nitrogen and oxygen atoms in total. The number of rotatable bonds is 2. The van der Waals surface area contributed by atoms with Gasteiger partial charge in [0.1, 0.15) is 5.57 Å². The molecule has 1 aliphatic heterocycles. The summed E-state index contributed by atoms with van der Waals surface area (Å²) in [5, 5.41) is 2.81. The Hall–Kier alpha value is -2.17. The monoisotopic (exact) mass is 218 g/mol. The standard InChI is InChI=1S/C11H10N2O3/c1-2-12-6-8-9(14)7-4-3-5-13-10(7)16-11(8)15/h3-6,12H,2H2,1H3. The van der Waals surface area contributed by atoms with Gasteiger partial charge in [-0.2, -0.15) is 0 Å². The number of hydrogen-bond acceptors (Lipinski definition) is 5. The predicted octanol–water partition coefficient (Wildman–Crippen LogP) is 0.677. The molecule has 0 atom stereocenters. The Morgan fingerprint density at radius 3 is 3.06 bits per heavy atom. The highest BCUT2D eigenvalue weighted by atomic mass is 16.5. The number of ether oxygens (including phenoxy) is 1. The molecule has 0 spiro atoms. The van der Waals surface area contributed by atoms with Crippen LogP contribution in [0.4, 0.5) is 0 Å². The van der Waals surface area contributed by atoms with Gasteiger partial charge in [-0.3, -0.25) is 4.79 Å². The molecule has 0 bridgehead atoms. The molecule has 0 unspecified atom stereocenters. The van der Waals surface area contributed by atoms with E-state index < -0.39 is 5.97 Å². The van der Waals surface area contributed by atoms with Gasteiger partial charge in [0.2, 0.25) is 11.7 Å². The first-order valence-electron chi connectivity index (χ1n) is 4.89. The Balaban J connectivity index is 2.42. The number of fused-ring (bicyclic) bond motifs is 1. The van der Waals surface area contributed by atoms with Gasteiger partial charge in [0.05, 0.1) is 5.56 Å². The van der Waals surface area contributed by atoms with E-state index in [-0.39, 0.29) is 17.2 Å². The molecule has 82 valence electrons. The summed E-state index contributed by atoms with van der Waals surface area (Å²) in [7, 11) is 0. The third kappa shape index (κ3) is 1.67. The Bertz CT molecular complexity index is 480. The maximum Gasteiger partial charge on any atom is 0.350 e. The van der Waals surface area contributed by atoms with Crippen molar-refractivity contribution in [2.75, 3.05) is 6.54 Å². The summed E-state index contributed by atoms with van der Waals surface area (Å²) in [6.45, 7) is 2.50. The fourth-order valence-electron chi connectivity index (χ4n) is 1.35. The van der Waals surface area contributed by atoms with Crippen LogP contribution >= 0.6 is 0 Å². The van der Waals surface area contributed by atoms with Crippen molar-refractivity contribution in [2.24, 2.45) is 0 Å². The first-order valence-corrected chi connectivity index (χ1v) is 4.89. The fourth-order valence-corrected chi connectivity index (χ4v) is 1.35. The van der Waals surface area contributed by atoms with Crippen LogP contribution in [0, 0.1) is 0 Å². The van der Waals surface area contributed by atoms with E-state index in [1.165, 1.54) is 12.4 Å². The molecule has 0 amide bonds. The van der Waals surface area contributed by atoms with Crippen LogP contribution in [0.5, 0.6) is 5.88 Å². The average molecular weight is 218 g/mol.